The van der Waals surface area contributed by atoms with Crippen LogP contribution in [-0.4, -0.2) is 30.8 Å². The maximum Gasteiger partial charge on any atom is 0.128 e. The van der Waals surface area contributed by atoms with Crippen molar-refractivity contribution >= 4 is 5.82 Å². The average Bonchev–Trinajstić information content (AvgIpc) is 2.45. The van der Waals surface area contributed by atoms with Crippen LogP contribution in [0.4, 0.5) is 5.82 Å². The smallest absolute Gasteiger partial charge is 0.128 e. The molecule has 1 saturated heterocycles. The van der Waals surface area contributed by atoms with E-state index in [2.05, 4.69) is 28.9 Å². The highest BCUT2D eigenvalue weighted by atomic mass is 16.5. The summed E-state index contributed by atoms with van der Waals surface area (Å²) in [7, 11) is 0. The monoisotopic (exact) mass is 263 g/mol. The van der Waals surface area contributed by atoms with Crippen molar-refractivity contribution in [2.45, 2.75) is 45.3 Å². The Bertz CT molecular complexity index is 377. The molecule has 1 aliphatic heterocycles. The van der Waals surface area contributed by atoms with Crippen LogP contribution in [-0.2, 0) is 4.74 Å². The van der Waals surface area contributed by atoms with Gasteiger partial charge in [-0.3, -0.25) is 0 Å². The Kier molecular flexibility index (Phi) is 5.16. The average molecular weight is 263 g/mol. The summed E-state index contributed by atoms with van der Waals surface area (Å²) >= 11 is 0. The molecule has 106 valence electrons. The minimum Gasteiger partial charge on any atom is -0.376 e. The molecule has 2 N–H and O–H groups in total. The molecule has 0 spiro atoms. The lowest BCUT2D eigenvalue weighted by Crippen LogP contribution is -2.40. The molecule has 2 rings (SSSR count). The third-order valence-electron chi connectivity index (χ3n) is 3.56. The van der Waals surface area contributed by atoms with Gasteiger partial charge in [-0.1, -0.05) is 13.0 Å². The largest absolute Gasteiger partial charge is 0.376 e. The molecule has 2 atom stereocenters. The van der Waals surface area contributed by atoms with Gasteiger partial charge < -0.3 is 15.4 Å². The predicted molar refractivity (Wildman–Crippen MR) is 78.3 cm³/mol. The number of anilines is 1. The van der Waals surface area contributed by atoms with Gasteiger partial charge in [-0.05, 0) is 37.8 Å². The number of aromatic nitrogens is 1. The Hall–Kier alpha value is -1.13. The highest BCUT2D eigenvalue weighted by molar-refractivity contribution is 5.40. The third-order valence-corrected chi connectivity index (χ3v) is 3.56. The number of hydrogen-bond donors (Lipinski definition) is 1. The van der Waals surface area contributed by atoms with Crippen LogP contribution in [0.1, 0.15) is 44.7 Å². The summed E-state index contributed by atoms with van der Waals surface area (Å²) < 4.78 is 5.86. The lowest BCUT2D eigenvalue weighted by molar-refractivity contribution is 0.0439. The van der Waals surface area contributed by atoms with Crippen LogP contribution in [0.3, 0.4) is 0 Å². The van der Waals surface area contributed by atoms with Gasteiger partial charge in [0.2, 0.25) is 0 Å². The minimum absolute atomic E-state index is 0.0449. The van der Waals surface area contributed by atoms with Crippen LogP contribution in [0.2, 0.25) is 0 Å². The van der Waals surface area contributed by atoms with Crippen LogP contribution in [0, 0.1) is 0 Å². The highest BCUT2D eigenvalue weighted by Crippen LogP contribution is 2.20. The fourth-order valence-corrected chi connectivity index (χ4v) is 2.42. The summed E-state index contributed by atoms with van der Waals surface area (Å²) in [6.45, 7) is 7.00. The fraction of sp³-hybridized carbons (Fsp3) is 0.667. The second-order valence-corrected chi connectivity index (χ2v) is 5.32. The van der Waals surface area contributed by atoms with E-state index in [9.17, 15) is 0 Å². The quantitative estimate of drug-likeness (QED) is 0.887. The molecule has 4 heteroatoms. The second kappa shape index (κ2) is 6.87. The van der Waals surface area contributed by atoms with Crippen molar-refractivity contribution in [3.05, 3.63) is 23.9 Å². The Morgan fingerprint density at radius 1 is 1.53 bits per heavy atom. The van der Waals surface area contributed by atoms with Crippen molar-refractivity contribution in [2.75, 3.05) is 24.6 Å². The normalized spacial score (nSPS) is 21.4. The van der Waals surface area contributed by atoms with Crippen molar-refractivity contribution in [3.8, 4) is 0 Å². The third kappa shape index (κ3) is 3.91. The lowest BCUT2D eigenvalue weighted by atomic mass is 10.1. The summed E-state index contributed by atoms with van der Waals surface area (Å²) in [6.07, 6.45) is 5.65. The summed E-state index contributed by atoms with van der Waals surface area (Å²) in [6, 6.07) is 4.19. The van der Waals surface area contributed by atoms with Crippen molar-refractivity contribution in [1.29, 1.82) is 0 Å². The molecular weight excluding hydrogens is 238 g/mol. The number of rotatable bonds is 5. The van der Waals surface area contributed by atoms with Crippen molar-refractivity contribution in [3.63, 3.8) is 0 Å². The van der Waals surface area contributed by atoms with Crippen molar-refractivity contribution in [1.82, 2.24) is 4.98 Å². The van der Waals surface area contributed by atoms with Gasteiger partial charge in [0.15, 0.2) is 0 Å². The molecule has 1 aromatic heterocycles. The van der Waals surface area contributed by atoms with Crippen LogP contribution in [0.15, 0.2) is 18.3 Å². The SMILES string of the molecule is CCCOC1CCCN(c2ccc([C@H](C)N)cn2)C1. The summed E-state index contributed by atoms with van der Waals surface area (Å²) in [5.41, 5.74) is 6.93. The first-order valence-corrected chi connectivity index (χ1v) is 7.28. The molecule has 4 nitrogen and oxygen atoms in total. The van der Waals surface area contributed by atoms with E-state index in [0.717, 1.165) is 43.9 Å². The molecule has 0 bridgehead atoms. The lowest BCUT2D eigenvalue weighted by Gasteiger charge is -2.33. The van der Waals surface area contributed by atoms with Crippen LogP contribution >= 0.6 is 0 Å². The van der Waals surface area contributed by atoms with E-state index >= 15 is 0 Å². The Labute approximate surface area is 116 Å². The molecule has 0 radical (unpaired) electrons. The van der Waals surface area contributed by atoms with E-state index in [-0.39, 0.29) is 6.04 Å². The minimum atomic E-state index is 0.0449. The topological polar surface area (TPSA) is 51.4 Å². The van der Waals surface area contributed by atoms with E-state index in [1.165, 1.54) is 6.42 Å². The summed E-state index contributed by atoms with van der Waals surface area (Å²) in [4.78, 5) is 6.84. The first-order chi connectivity index (χ1) is 9.20. The maximum absolute atomic E-state index is 5.86. The van der Waals surface area contributed by atoms with Gasteiger partial charge in [-0.2, -0.15) is 0 Å². The number of nitrogens with zero attached hydrogens (tertiary/aromatic N) is 2. The first-order valence-electron chi connectivity index (χ1n) is 7.28. The van der Waals surface area contributed by atoms with Crippen molar-refractivity contribution < 1.29 is 4.74 Å². The molecular formula is C15H25N3O. The number of ether oxygens (including phenoxy) is 1. The van der Waals surface area contributed by atoms with E-state index in [1.807, 2.05) is 13.1 Å². The highest BCUT2D eigenvalue weighted by Gasteiger charge is 2.21. The van der Waals surface area contributed by atoms with E-state index in [0.29, 0.717) is 6.10 Å². The molecule has 0 saturated carbocycles. The number of pyridine rings is 1. The van der Waals surface area contributed by atoms with Gasteiger partial charge >= 0.3 is 0 Å². The van der Waals surface area contributed by atoms with Crippen LogP contribution < -0.4 is 10.6 Å². The second-order valence-electron chi connectivity index (χ2n) is 5.32. The van der Waals surface area contributed by atoms with Crippen molar-refractivity contribution in [2.24, 2.45) is 5.73 Å². The standard InChI is InChI=1S/C15H25N3O/c1-3-9-19-14-5-4-8-18(11-14)15-7-6-13(10-17-15)12(2)16/h6-7,10,12,14H,3-5,8-9,11,16H2,1-2H3/t12-,14?/m0/s1. The molecule has 19 heavy (non-hydrogen) atoms. The Balaban J connectivity index is 1.96. The molecule has 0 aromatic carbocycles. The van der Waals surface area contributed by atoms with Gasteiger partial charge in [0, 0.05) is 31.9 Å². The van der Waals surface area contributed by atoms with Gasteiger partial charge in [0.05, 0.1) is 6.10 Å². The molecule has 0 amide bonds. The van der Waals surface area contributed by atoms with E-state index in [4.69, 9.17) is 10.5 Å². The Morgan fingerprint density at radius 2 is 2.37 bits per heavy atom. The Morgan fingerprint density at radius 3 is 3.00 bits per heavy atom. The zero-order valence-corrected chi connectivity index (χ0v) is 12.0. The van der Waals surface area contributed by atoms with E-state index < -0.39 is 0 Å². The molecule has 1 fully saturated rings. The summed E-state index contributed by atoms with van der Waals surface area (Å²) in [5, 5.41) is 0. The zero-order valence-electron chi connectivity index (χ0n) is 12.0. The van der Waals surface area contributed by atoms with E-state index in [1.54, 1.807) is 0 Å². The first kappa shape index (κ1) is 14.3. The summed E-state index contributed by atoms with van der Waals surface area (Å²) in [5.74, 6) is 1.04. The predicted octanol–water partition coefficient (Wildman–Crippen LogP) is 2.50. The maximum atomic E-state index is 5.86. The van der Waals surface area contributed by atoms with Crippen LogP contribution in [0.5, 0.6) is 0 Å². The molecule has 2 heterocycles. The number of nitrogens with two attached hydrogens (primary N) is 1. The van der Waals surface area contributed by atoms with Crippen LogP contribution in [0.25, 0.3) is 0 Å². The molecule has 1 unspecified atom stereocenters. The van der Waals surface area contributed by atoms with Gasteiger partial charge in [0.25, 0.3) is 0 Å². The number of hydrogen-bond acceptors (Lipinski definition) is 4. The number of piperidine rings is 1. The fourth-order valence-electron chi connectivity index (χ4n) is 2.42. The zero-order chi connectivity index (χ0) is 13.7. The van der Waals surface area contributed by atoms with Gasteiger partial charge in [-0.25, -0.2) is 4.98 Å². The van der Waals surface area contributed by atoms with Gasteiger partial charge in [0.1, 0.15) is 5.82 Å². The molecule has 1 aliphatic rings. The molecule has 1 aromatic rings. The van der Waals surface area contributed by atoms with Gasteiger partial charge in [-0.15, -0.1) is 0 Å². The molecule has 0 aliphatic carbocycles.